The molecule has 1 aliphatic heterocycles. The third-order valence-electron chi connectivity index (χ3n) is 4.78. The fourth-order valence-electron chi connectivity index (χ4n) is 3.25. The largest absolute Gasteiger partial charge is 0.336 e. The van der Waals surface area contributed by atoms with E-state index >= 15 is 0 Å². The highest BCUT2D eigenvalue weighted by Gasteiger charge is 2.23. The minimum absolute atomic E-state index is 0.0216. The summed E-state index contributed by atoms with van der Waals surface area (Å²) in [6.07, 6.45) is 5.69. The molecule has 0 bridgehead atoms. The molecule has 3 aromatic rings. The summed E-state index contributed by atoms with van der Waals surface area (Å²) < 4.78 is 16.9. The molecular weight excluding hydrogens is 349 g/mol. The summed E-state index contributed by atoms with van der Waals surface area (Å²) in [7, 11) is 0. The Bertz CT molecular complexity index is 947. The van der Waals surface area contributed by atoms with Crippen molar-refractivity contribution in [2.45, 2.75) is 39.4 Å². The van der Waals surface area contributed by atoms with Gasteiger partial charge in [-0.15, -0.1) is 5.10 Å². The van der Waals surface area contributed by atoms with Gasteiger partial charge in [0.2, 0.25) is 5.91 Å². The van der Waals surface area contributed by atoms with E-state index < -0.39 is 5.82 Å². The number of aromatic nitrogens is 6. The lowest BCUT2D eigenvalue weighted by atomic mass is 10.2. The topological polar surface area (TPSA) is 81.7 Å². The predicted octanol–water partition coefficient (Wildman–Crippen LogP) is 1.34. The summed E-state index contributed by atoms with van der Waals surface area (Å²) in [5.74, 6) is -0.426. The van der Waals surface area contributed by atoms with Gasteiger partial charge in [-0.2, -0.15) is 0 Å². The second-order valence-corrected chi connectivity index (χ2v) is 6.68. The summed E-state index contributed by atoms with van der Waals surface area (Å²) in [5, 5.41) is 7.99. The molecule has 0 saturated heterocycles. The molecule has 0 N–H and O–H groups in total. The normalized spacial score (nSPS) is 14.1. The number of nitrogens with zero attached hydrogens (tertiary/aromatic N) is 7. The molecule has 0 radical (unpaired) electrons. The van der Waals surface area contributed by atoms with Gasteiger partial charge in [0, 0.05) is 18.8 Å². The Morgan fingerprint density at radius 1 is 1.22 bits per heavy atom. The van der Waals surface area contributed by atoms with E-state index in [1.54, 1.807) is 16.9 Å². The standard InChI is InChI=1S/C18H20FN7O/c1-13-8-22-23-26(13)10-16-17-11-24(5-2-6-25(17)12-21-16)18(27)7-15-4-3-14(19)9-20-15/h3-4,8-9,12H,2,5-7,10-11H2,1H3. The Labute approximate surface area is 155 Å². The van der Waals surface area contributed by atoms with Crippen LogP contribution >= 0.6 is 0 Å². The number of rotatable bonds is 4. The van der Waals surface area contributed by atoms with Gasteiger partial charge in [-0.05, 0) is 25.5 Å². The van der Waals surface area contributed by atoms with Crippen molar-refractivity contribution in [3.05, 3.63) is 59.4 Å². The Morgan fingerprint density at radius 3 is 2.85 bits per heavy atom. The molecule has 4 heterocycles. The lowest BCUT2D eigenvalue weighted by Gasteiger charge is -2.20. The van der Waals surface area contributed by atoms with E-state index in [0.29, 0.717) is 25.3 Å². The highest BCUT2D eigenvalue weighted by Crippen LogP contribution is 2.18. The first kappa shape index (κ1) is 17.3. The van der Waals surface area contributed by atoms with Gasteiger partial charge in [-0.25, -0.2) is 14.1 Å². The second-order valence-electron chi connectivity index (χ2n) is 6.68. The van der Waals surface area contributed by atoms with Crippen molar-refractivity contribution in [2.75, 3.05) is 6.54 Å². The van der Waals surface area contributed by atoms with Gasteiger partial charge in [0.05, 0.1) is 55.3 Å². The van der Waals surface area contributed by atoms with Crippen LogP contribution in [0, 0.1) is 12.7 Å². The van der Waals surface area contributed by atoms with Crippen LogP contribution < -0.4 is 0 Å². The number of imidazole rings is 1. The number of hydrogen-bond acceptors (Lipinski definition) is 5. The number of pyridine rings is 1. The molecule has 0 fully saturated rings. The van der Waals surface area contributed by atoms with E-state index in [0.717, 1.165) is 36.2 Å². The minimum Gasteiger partial charge on any atom is -0.336 e. The number of amides is 1. The van der Waals surface area contributed by atoms with Crippen LogP contribution in [0.3, 0.4) is 0 Å². The van der Waals surface area contributed by atoms with Crippen LogP contribution in [0.25, 0.3) is 0 Å². The quantitative estimate of drug-likeness (QED) is 0.693. The smallest absolute Gasteiger partial charge is 0.228 e. The van der Waals surface area contributed by atoms with Crippen LogP contribution in [-0.2, 0) is 30.8 Å². The van der Waals surface area contributed by atoms with Crippen LogP contribution in [0.2, 0.25) is 0 Å². The average Bonchev–Trinajstić information content (AvgIpc) is 3.16. The van der Waals surface area contributed by atoms with Gasteiger partial charge in [-0.3, -0.25) is 9.78 Å². The van der Waals surface area contributed by atoms with Crippen LogP contribution in [-0.4, -0.2) is 46.9 Å². The Morgan fingerprint density at radius 2 is 2.11 bits per heavy atom. The molecule has 3 aromatic heterocycles. The zero-order valence-electron chi connectivity index (χ0n) is 15.0. The van der Waals surface area contributed by atoms with Crippen LogP contribution in [0.5, 0.6) is 0 Å². The molecule has 140 valence electrons. The van der Waals surface area contributed by atoms with Gasteiger partial charge < -0.3 is 9.47 Å². The summed E-state index contributed by atoms with van der Waals surface area (Å²) in [6.45, 7) is 4.44. The van der Waals surface area contributed by atoms with Crippen molar-refractivity contribution in [2.24, 2.45) is 0 Å². The van der Waals surface area contributed by atoms with Crippen molar-refractivity contribution >= 4 is 5.91 Å². The maximum atomic E-state index is 13.0. The molecule has 1 amide bonds. The molecule has 1 aliphatic rings. The molecule has 0 saturated carbocycles. The third-order valence-corrected chi connectivity index (χ3v) is 4.78. The Balaban J connectivity index is 1.51. The fraction of sp³-hybridized carbons (Fsp3) is 0.389. The highest BCUT2D eigenvalue weighted by molar-refractivity contribution is 5.78. The summed E-state index contributed by atoms with van der Waals surface area (Å²) >= 11 is 0. The van der Waals surface area contributed by atoms with Crippen molar-refractivity contribution in [3.8, 4) is 0 Å². The molecule has 0 spiro atoms. The van der Waals surface area contributed by atoms with Gasteiger partial charge >= 0.3 is 0 Å². The second kappa shape index (κ2) is 7.26. The number of halogens is 1. The van der Waals surface area contributed by atoms with Crippen LogP contribution in [0.4, 0.5) is 4.39 Å². The zero-order valence-corrected chi connectivity index (χ0v) is 15.0. The maximum Gasteiger partial charge on any atom is 0.228 e. The van der Waals surface area contributed by atoms with E-state index in [1.807, 2.05) is 18.2 Å². The Kier molecular flexibility index (Phi) is 4.66. The molecule has 0 aromatic carbocycles. The first-order chi connectivity index (χ1) is 13.1. The lowest BCUT2D eigenvalue weighted by Crippen LogP contribution is -2.32. The molecular formula is C18H20FN7O. The summed E-state index contributed by atoms with van der Waals surface area (Å²) in [6, 6.07) is 2.87. The zero-order chi connectivity index (χ0) is 18.8. The maximum absolute atomic E-state index is 13.0. The van der Waals surface area contributed by atoms with Crippen LogP contribution in [0.1, 0.15) is 29.2 Å². The molecule has 8 nitrogen and oxygen atoms in total. The summed E-state index contributed by atoms with van der Waals surface area (Å²) in [4.78, 5) is 23.1. The number of carbonyl (C=O) groups is 1. The van der Waals surface area contributed by atoms with Crippen molar-refractivity contribution < 1.29 is 9.18 Å². The first-order valence-corrected chi connectivity index (χ1v) is 8.86. The number of aryl methyl sites for hydroxylation is 2. The van der Waals surface area contributed by atoms with Crippen molar-refractivity contribution in [1.82, 2.24) is 34.4 Å². The lowest BCUT2D eigenvalue weighted by molar-refractivity contribution is -0.131. The van der Waals surface area contributed by atoms with E-state index in [-0.39, 0.29) is 12.3 Å². The van der Waals surface area contributed by atoms with Gasteiger partial charge in [-0.1, -0.05) is 5.21 Å². The van der Waals surface area contributed by atoms with E-state index in [4.69, 9.17) is 0 Å². The molecule has 9 heteroatoms. The average molecular weight is 369 g/mol. The van der Waals surface area contributed by atoms with Gasteiger partial charge in [0.1, 0.15) is 5.82 Å². The Hall–Kier alpha value is -3.10. The van der Waals surface area contributed by atoms with E-state index in [1.165, 1.54) is 6.07 Å². The number of carbonyl (C=O) groups excluding carboxylic acids is 1. The van der Waals surface area contributed by atoms with Gasteiger partial charge in [0.15, 0.2) is 0 Å². The highest BCUT2D eigenvalue weighted by atomic mass is 19.1. The minimum atomic E-state index is -0.405. The van der Waals surface area contributed by atoms with Crippen molar-refractivity contribution in [1.29, 1.82) is 0 Å². The first-order valence-electron chi connectivity index (χ1n) is 8.86. The molecule has 4 rings (SSSR count). The predicted molar refractivity (Wildman–Crippen MR) is 94.0 cm³/mol. The fourth-order valence-corrected chi connectivity index (χ4v) is 3.25. The SMILES string of the molecule is Cc1cnnn1Cc1ncn2c1CN(C(=O)Cc1ccc(F)cn1)CCC2. The molecule has 0 aliphatic carbocycles. The number of hydrogen-bond donors (Lipinski definition) is 0. The monoisotopic (exact) mass is 369 g/mol. The third kappa shape index (κ3) is 3.71. The molecule has 27 heavy (non-hydrogen) atoms. The van der Waals surface area contributed by atoms with E-state index in [2.05, 4.69) is 24.8 Å². The number of fused-ring (bicyclic) bond motifs is 1. The van der Waals surface area contributed by atoms with Crippen molar-refractivity contribution in [3.63, 3.8) is 0 Å². The van der Waals surface area contributed by atoms with Crippen LogP contribution in [0.15, 0.2) is 30.9 Å². The molecule has 0 unspecified atom stereocenters. The summed E-state index contributed by atoms with van der Waals surface area (Å²) in [5.41, 5.74) is 3.43. The van der Waals surface area contributed by atoms with E-state index in [9.17, 15) is 9.18 Å². The van der Waals surface area contributed by atoms with Gasteiger partial charge in [0.25, 0.3) is 0 Å². The molecule has 0 atom stereocenters.